The third kappa shape index (κ3) is 3.95. The number of anilines is 1. The Balaban J connectivity index is 1.89. The molecule has 1 amide bonds. The molecule has 114 valence electrons. The van der Waals surface area contributed by atoms with Crippen molar-refractivity contribution in [3.63, 3.8) is 0 Å². The molecule has 6 heteroatoms. The Kier molecular flexibility index (Phi) is 5.57. The minimum absolute atomic E-state index is 0.0688. The number of fused-ring (bicyclic) bond motifs is 1. The van der Waals surface area contributed by atoms with Crippen LogP contribution in [-0.2, 0) is 16.0 Å². The number of para-hydroxylation sites is 1. The van der Waals surface area contributed by atoms with Crippen LogP contribution in [0.2, 0.25) is 0 Å². The lowest BCUT2D eigenvalue weighted by atomic mass is 10.2. The Morgan fingerprint density at radius 2 is 2.19 bits per heavy atom. The lowest BCUT2D eigenvalue weighted by molar-refractivity contribution is -0.120. The van der Waals surface area contributed by atoms with E-state index >= 15 is 0 Å². The number of methoxy groups -OCH3 is 1. The molecule has 0 aromatic heterocycles. The second-order valence-corrected chi connectivity index (χ2v) is 4.77. The van der Waals surface area contributed by atoms with Gasteiger partial charge in [-0.15, -0.1) is 0 Å². The number of rotatable bonds is 5. The quantitative estimate of drug-likeness (QED) is 0.468. The molecular weight excluding hydrogens is 268 g/mol. The number of guanidine groups is 1. The van der Waals surface area contributed by atoms with E-state index in [2.05, 4.69) is 32.7 Å². The Morgan fingerprint density at radius 1 is 1.38 bits per heavy atom. The average molecular weight is 290 g/mol. The van der Waals surface area contributed by atoms with Gasteiger partial charge in [-0.1, -0.05) is 18.2 Å². The zero-order chi connectivity index (χ0) is 15.1. The van der Waals surface area contributed by atoms with E-state index in [4.69, 9.17) is 4.74 Å². The highest BCUT2D eigenvalue weighted by Gasteiger charge is 2.22. The number of amides is 1. The summed E-state index contributed by atoms with van der Waals surface area (Å²) in [4.78, 5) is 18.1. The van der Waals surface area contributed by atoms with Crippen molar-refractivity contribution >= 4 is 17.6 Å². The van der Waals surface area contributed by atoms with Crippen LogP contribution < -0.4 is 15.5 Å². The molecule has 0 saturated carbocycles. The second kappa shape index (κ2) is 7.64. The Bertz CT molecular complexity index is 516. The third-order valence-electron chi connectivity index (χ3n) is 3.39. The van der Waals surface area contributed by atoms with Gasteiger partial charge in [0, 0.05) is 32.9 Å². The maximum Gasteiger partial charge on any atom is 0.239 e. The van der Waals surface area contributed by atoms with Crippen molar-refractivity contribution < 1.29 is 9.53 Å². The first-order valence-corrected chi connectivity index (χ1v) is 7.08. The van der Waals surface area contributed by atoms with Gasteiger partial charge in [-0.3, -0.25) is 9.79 Å². The summed E-state index contributed by atoms with van der Waals surface area (Å²) in [7, 11) is 3.34. The normalized spacial score (nSPS) is 14.0. The highest BCUT2D eigenvalue weighted by molar-refractivity contribution is 5.99. The fourth-order valence-corrected chi connectivity index (χ4v) is 2.37. The van der Waals surface area contributed by atoms with Crippen LogP contribution in [0.4, 0.5) is 5.69 Å². The molecule has 1 aliphatic rings. The van der Waals surface area contributed by atoms with Crippen LogP contribution in [0.3, 0.4) is 0 Å². The number of carbonyl (C=O) groups excluding carboxylic acids is 1. The van der Waals surface area contributed by atoms with Crippen molar-refractivity contribution in [3.8, 4) is 0 Å². The topological polar surface area (TPSA) is 66.0 Å². The van der Waals surface area contributed by atoms with E-state index in [0.29, 0.717) is 13.2 Å². The summed E-state index contributed by atoms with van der Waals surface area (Å²) < 4.78 is 4.89. The van der Waals surface area contributed by atoms with Crippen molar-refractivity contribution in [1.29, 1.82) is 0 Å². The maximum atomic E-state index is 11.7. The van der Waals surface area contributed by atoms with Crippen molar-refractivity contribution in [1.82, 2.24) is 10.6 Å². The number of aliphatic imine (C=N–C) groups is 1. The largest absolute Gasteiger partial charge is 0.383 e. The molecule has 0 spiro atoms. The number of hydrogen-bond donors (Lipinski definition) is 2. The molecule has 21 heavy (non-hydrogen) atoms. The first-order valence-electron chi connectivity index (χ1n) is 7.08. The number of hydrogen-bond acceptors (Lipinski definition) is 3. The monoisotopic (exact) mass is 290 g/mol. The molecule has 1 aromatic rings. The predicted octanol–water partition coefficient (Wildman–Crippen LogP) is 0.387. The van der Waals surface area contributed by atoms with Gasteiger partial charge in [-0.25, -0.2) is 0 Å². The summed E-state index contributed by atoms with van der Waals surface area (Å²) in [6.07, 6.45) is 0.997. The molecule has 0 radical (unpaired) electrons. The molecule has 0 atom stereocenters. The van der Waals surface area contributed by atoms with Gasteiger partial charge in [0.2, 0.25) is 5.91 Å². The lowest BCUT2D eigenvalue weighted by Gasteiger charge is -2.22. The molecule has 1 aliphatic heterocycles. The van der Waals surface area contributed by atoms with Crippen molar-refractivity contribution in [2.75, 3.05) is 45.3 Å². The Labute approximate surface area is 125 Å². The lowest BCUT2D eigenvalue weighted by Crippen LogP contribution is -2.45. The number of nitrogens with one attached hydrogen (secondary N) is 2. The summed E-state index contributed by atoms with van der Waals surface area (Å²) in [5.74, 6) is 0.655. The van der Waals surface area contributed by atoms with E-state index in [1.165, 1.54) is 5.56 Å². The maximum absolute atomic E-state index is 11.7. The van der Waals surface area contributed by atoms with E-state index in [9.17, 15) is 4.79 Å². The van der Waals surface area contributed by atoms with Gasteiger partial charge in [0.1, 0.15) is 0 Å². The van der Waals surface area contributed by atoms with Crippen LogP contribution in [-0.4, -0.2) is 52.3 Å². The van der Waals surface area contributed by atoms with Gasteiger partial charge in [0.25, 0.3) is 0 Å². The highest BCUT2D eigenvalue weighted by atomic mass is 16.5. The predicted molar refractivity (Wildman–Crippen MR) is 83.7 cm³/mol. The summed E-state index contributed by atoms with van der Waals surface area (Å²) in [5.41, 5.74) is 2.47. The minimum Gasteiger partial charge on any atom is -0.383 e. The van der Waals surface area contributed by atoms with Crippen molar-refractivity contribution in [3.05, 3.63) is 29.8 Å². The van der Waals surface area contributed by atoms with Crippen molar-refractivity contribution in [2.45, 2.75) is 6.42 Å². The molecule has 2 rings (SSSR count). The second-order valence-electron chi connectivity index (χ2n) is 4.77. The van der Waals surface area contributed by atoms with Crippen LogP contribution in [0, 0.1) is 0 Å². The van der Waals surface area contributed by atoms with Crippen LogP contribution in [0.1, 0.15) is 5.56 Å². The van der Waals surface area contributed by atoms with E-state index in [1.807, 2.05) is 12.1 Å². The zero-order valence-electron chi connectivity index (χ0n) is 12.6. The molecule has 0 aliphatic carbocycles. The fraction of sp³-hybridized carbons (Fsp3) is 0.467. The van der Waals surface area contributed by atoms with Crippen LogP contribution in [0.15, 0.2) is 29.3 Å². The molecular formula is C15H22N4O2. The zero-order valence-corrected chi connectivity index (χ0v) is 12.6. The van der Waals surface area contributed by atoms with Gasteiger partial charge in [0.05, 0.1) is 13.2 Å². The molecule has 1 aromatic carbocycles. The third-order valence-corrected chi connectivity index (χ3v) is 3.39. The summed E-state index contributed by atoms with van der Waals surface area (Å²) in [5, 5.41) is 5.87. The van der Waals surface area contributed by atoms with Gasteiger partial charge in [-0.05, 0) is 18.1 Å². The molecule has 2 N–H and O–H groups in total. The molecule has 0 bridgehead atoms. The molecule has 6 nitrogen and oxygen atoms in total. The smallest absolute Gasteiger partial charge is 0.239 e. The van der Waals surface area contributed by atoms with Crippen LogP contribution in [0.25, 0.3) is 0 Å². The fourth-order valence-electron chi connectivity index (χ4n) is 2.37. The van der Waals surface area contributed by atoms with E-state index in [1.54, 1.807) is 14.2 Å². The first-order chi connectivity index (χ1) is 10.3. The van der Waals surface area contributed by atoms with Crippen LogP contribution in [0.5, 0.6) is 0 Å². The molecule has 0 saturated heterocycles. The number of benzene rings is 1. The van der Waals surface area contributed by atoms with Crippen molar-refractivity contribution in [2.24, 2.45) is 4.99 Å². The van der Waals surface area contributed by atoms with E-state index < -0.39 is 0 Å². The average Bonchev–Trinajstić information content (AvgIpc) is 2.92. The van der Waals surface area contributed by atoms with Gasteiger partial charge in [-0.2, -0.15) is 0 Å². The van der Waals surface area contributed by atoms with Gasteiger partial charge in [0.15, 0.2) is 5.96 Å². The summed E-state index contributed by atoms with van der Waals surface area (Å²) in [6, 6.07) is 8.26. The Hall–Kier alpha value is -2.08. The minimum atomic E-state index is -0.0688. The molecule has 0 fully saturated rings. The SMILES string of the molecule is CN=C(NCC(=O)NCCOC)N1CCc2ccccc21. The number of ether oxygens (including phenoxy) is 1. The summed E-state index contributed by atoms with van der Waals surface area (Å²) in [6.45, 7) is 2.11. The molecule has 1 heterocycles. The number of nitrogens with zero attached hydrogens (tertiary/aromatic N) is 2. The number of carbonyl (C=O) groups is 1. The van der Waals surface area contributed by atoms with Gasteiger partial charge < -0.3 is 20.3 Å². The van der Waals surface area contributed by atoms with Gasteiger partial charge >= 0.3 is 0 Å². The first kappa shape index (κ1) is 15.3. The van der Waals surface area contributed by atoms with Crippen LogP contribution >= 0.6 is 0 Å². The van der Waals surface area contributed by atoms with E-state index in [0.717, 1.165) is 24.6 Å². The van der Waals surface area contributed by atoms with E-state index in [-0.39, 0.29) is 12.5 Å². The standard InChI is InChI=1S/C15H22N4O2/c1-16-15(18-11-14(20)17-8-10-21-2)19-9-7-12-5-3-4-6-13(12)19/h3-6H,7-11H2,1-2H3,(H,16,18)(H,17,20). The highest BCUT2D eigenvalue weighted by Crippen LogP contribution is 2.27. The molecule has 0 unspecified atom stereocenters. The summed E-state index contributed by atoms with van der Waals surface area (Å²) >= 11 is 0. The Morgan fingerprint density at radius 3 is 2.95 bits per heavy atom.